The summed E-state index contributed by atoms with van der Waals surface area (Å²) < 4.78 is 9.27. The van der Waals surface area contributed by atoms with Gasteiger partial charge in [-0.2, -0.15) is 0 Å². The number of rotatable bonds is 3. The van der Waals surface area contributed by atoms with Gasteiger partial charge in [-0.15, -0.1) is 0 Å². The Hall–Kier alpha value is -1.10. The van der Waals surface area contributed by atoms with E-state index >= 15 is 0 Å². The fourth-order valence-corrected chi connectivity index (χ4v) is 1.81. The molecule has 86 valence electrons. The Bertz CT molecular complexity index is 242. The SMILES string of the molecule is COC(=O)CN1CCCC(C(=O)OC)C1. The molecule has 5 nitrogen and oxygen atoms in total. The van der Waals surface area contributed by atoms with Crippen molar-refractivity contribution in [1.82, 2.24) is 4.90 Å². The van der Waals surface area contributed by atoms with E-state index in [1.807, 2.05) is 4.90 Å². The van der Waals surface area contributed by atoms with Crippen LogP contribution < -0.4 is 0 Å². The second-order valence-electron chi connectivity index (χ2n) is 3.67. The highest BCUT2D eigenvalue weighted by Gasteiger charge is 2.27. The number of esters is 2. The van der Waals surface area contributed by atoms with Crippen LogP contribution in [0.5, 0.6) is 0 Å². The van der Waals surface area contributed by atoms with Crippen LogP contribution in [0, 0.1) is 5.92 Å². The number of hydrogen-bond acceptors (Lipinski definition) is 5. The van der Waals surface area contributed by atoms with E-state index in [4.69, 9.17) is 0 Å². The number of ether oxygens (including phenoxy) is 2. The van der Waals surface area contributed by atoms with E-state index in [2.05, 4.69) is 9.47 Å². The molecule has 0 bridgehead atoms. The number of carbonyl (C=O) groups is 2. The Labute approximate surface area is 89.3 Å². The lowest BCUT2D eigenvalue weighted by molar-refractivity contribution is -0.149. The Kier molecular flexibility index (Phi) is 4.55. The quantitative estimate of drug-likeness (QED) is 0.622. The van der Waals surface area contributed by atoms with Gasteiger partial charge in [-0.05, 0) is 19.4 Å². The highest BCUT2D eigenvalue weighted by molar-refractivity contribution is 5.73. The second kappa shape index (κ2) is 5.70. The van der Waals surface area contributed by atoms with Gasteiger partial charge in [0, 0.05) is 6.54 Å². The molecule has 1 fully saturated rings. The first-order chi connectivity index (χ1) is 7.17. The molecule has 0 aliphatic carbocycles. The topological polar surface area (TPSA) is 55.8 Å². The zero-order valence-electron chi connectivity index (χ0n) is 9.19. The van der Waals surface area contributed by atoms with Gasteiger partial charge in [0.1, 0.15) is 0 Å². The van der Waals surface area contributed by atoms with Gasteiger partial charge in [-0.3, -0.25) is 14.5 Å². The third kappa shape index (κ3) is 3.51. The number of likely N-dealkylation sites (tertiary alicyclic amines) is 1. The monoisotopic (exact) mass is 215 g/mol. The molecule has 1 aliphatic heterocycles. The number of hydrogen-bond donors (Lipinski definition) is 0. The van der Waals surface area contributed by atoms with Crippen LogP contribution in [0.3, 0.4) is 0 Å². The smallest absolute Gasteiger partial charge is 0.319 e. The summed E-state index contributed by atoms with van der Waals surface area (Å²) >= 11 is 0. The minimum atomic E-state index is -0.263. The van der Waals surface area contributed by atoms with Crippen LogP contribution in [0.4, 0.5) is 0 Å². The molecule has 5 heteroatoms. The Morgan fingerprint density at radius 3 is 2.67 bits per heavy atom. The molecular weight excluding hydrogens is 198 g/mol. The molecule has 0 aromatic heterocycles. The third-order valence-corrected chi connectivity index (χ3v) is 2.62. The Morgan fingerprint density at radius 2 is 2.07 bits per heavy atom. The lowest BCUT2D eigenvalue weighted by atomic mass is 9.98. The first kappa shape index (κ1) is 12.0. The van der Waals surface area contributed by atoms with Crippen LogP contribution in [0.2, 0.25) is 0 Å². The van der Waals surface area contributed by atoms with Gasteiger partial charge in [0.2, 0.25) is 0 Å². The van der Waals surface area contributed by atoms with Gasteiger partial charge in [0.25, 0.3) is 0 Å². The van der Waals surface area contributed by atoms with Crippen molar-refractivity contribution in [3.8, 4) is 0 Å². The van der Waals surface area contributed by atoms with E-state index in [1.165, 1.54) is 14.2 Å². The summed E-state index contributed by atoms with van der Waals surface area (Å²) in [6, 6.07) is 0. The molecule has 1 aliphatic rings. The fourth-order valence-electron chi connectivity index (χ4n) is 1.81. The molecule has 0 aromatic rings. The van der Waals surface area contributed by atoms with E-state index in [1.54, 1.807) is 0 Å². The summed E-state index contributed by atoms with van der Waals surface area (Å²) in [6.45, 7) is 1.67. The van der Waals surface area contributed by atoms with E-state index in [9.17, 15) is 9.59 Å². The predicted molar refractivity (Wildman–Crippen MR) is 53.2 cm³/mol. The van der Waals surface area contributed by atoms with Crippen molar-refractivity contribution in [2.75, 3.05) is 33.9 Å². The predicted octanol–water partition coefficient (Wildman–Crippen LogP) is 0.0444. The van der Waals surface area contributed by atoms with Crippen LogP contribution in [-0.4, -0.2) is 50.7 Å². The van der Waals surface area contributed by atoms with Gasteiger partial charge in [0.15, 0.2) is 0 Å². The summed E-state index contributed by atoms with van der Waals surface area (Å²) in [4.78, 5) is 24.3. The fraction of sp³-hybridized carbons (Fsp3) is 0.800. The van der Waals surface area contributed by atoms with Crippen molar-refractivity contribution in [2.24, 2.45) is 5.92 Å². The molecule has 1 atom stereocenters. The van der Waals surface area contributed by atoms with Gasteiger partial charge >= 0.3 is 11.9 Å². The lowest BCUT2D eigenvalue weighted by Crippen LogP contribution is -2.41. The summed E-state index contributed by atoms with van der Waals surface area (Å²) in [6.07, 6.45) is 1.75. The highest BCUT2D eigenvalue weighted by Crippen LogP contribution is 2.17. The van der Waals surface area contributed by atoms with Crippen molar-refractivity contribution in [2.45, 2.75) is 12.8 Å². The average molecular weight is 215 g/mol. The zero-order valence-corrected chi connectivity index (χ0v) is 9.19. The minimum Gasteiger partial charge on any atom is -0.469 e. The molecule has 0 aromatic carbocycles. The summed E-state index contributed by atoms with van der Waals surface area (Å²) in [5.41, 5.74) is 0. The number of methoxy groups -OCH3 is 2. The van der Waals surface area contributed by atoms with Gasteiger partial charge in [-0.1, -0.05) is 0 Å². The molecule has 0 radical (unpaired) electrons. The molecular formula is C10H17NO4. The molecule has 0 N–H and O–H groups in total. The van der Waals surface area contributed by atoms with E-state index in [-0.39, 0.29) is 24.4 Å². The molecule has 1 heterocycles. The molecule has 0 spiro atoms. The average Bonchev–Trinajstić information content (AvgIpc) is 2.28. The maximum atomic E-state index is 11.3. The first-order valence-corrected chi connectivity index (χ1v) is 5.04. The van der Waals surface area contributed by atoms with Gasteiger partial charge in [0.05, 0.1) is 26.7 Å². The van der Waals surface area contributed by atoms with Gasteiger partial charge in [-0.25, -0.2) is 0 Å². The van der Waals surface area contributed by atoms with Crippen molar-refractivity contribution < 1.29 is 19.1 Å². The van der Waals surface area contributed by atoms with Crippen LogP contribution in [0.1, 0.15) is 12.8 Å². The van der Waals surface area contributed by atoms with E-state index in [0.29, 0.717) is 6.54 Å². The van der Waals surface area contributed by atoms with Crippen molar-refractivity contribution in [1.29, 1.82) is 0 Å². The molecule has 1 saturated heterocycles. The van der Waals surface area contributed by atoms with E-state index in [0.717, 1.165) is 19.4 Å². The largest absolute Gasteiger partial charge is 0.469 e. The van der Waals surface area contributed by atoms with Crippen molar-refractivity contribution >= 4 is 11.9 Å². The Morgan fingerprint density at radius 1 is 1.33 bits per heavy atom. The summed E-state index contributed by atoms with van der Waals surface area (Å²) in [5, 5.41) is 0. The highest BCUT2D eigenvalue weighted by atomic mass is 16.5. The maximum Gasteiger partial charge on any atom is 0.319 e. The molecule has 0 saturated carbocycles. The molecule has 1 unspecified atom stereocenters. The summed E-state index contributed by atoms with van der Waals surface area (Å²) in [7, 11) is 2.76. The standard InChI is InChI=1S/C10H17NO4/c1-14-9(12)7-11-5-3-4-8(6-11)10(13)15-2/h8H,3-7H2,1-2H3. The second-order valence-corrected chi connectivity index (χ2v) is 3.67. The van der Waals surface area contributed by atoms with Crippen molar-refractivity contribution in [3.05, 3.63) is 0 Å². The third-order valence-electron chi connectivity index (χ3n) is 2.62. The molecule has 15 heavy (non-hydrogen) atoms. The summed E-state index contributed by atoms with van der Waals surface area (Å²) in [5.74, 6) is -0.557. The van der Waals surface area contributed by atoms with Gasteiger partial charge < -0.3 is 9.47 Å². The minimum absolute atomic E-state index is 0.103. The maximum absolute atomic E-state index is 11.3. The van der Waals surface area contributed by atoms with E-state index < -0.39 is 0 Å². The number of nitrogens with zero attached hydrogens (tertiary/aromatic N) is 1. The zero-order chi connectivity index (χ0) is 11.3. The molecule has 0 amide bonds. The van der Waals surface area contributed by atoms with Crippen LogP contribution in [0.25, 0.3) is 0 Å². The van der Waals surface area contributed by atoms with Crippen LogP contribution in [0.15, 0.2) is 0 Å². The van der Waals surface area contributed by atoms with Crippen LogP contribution >= 0.6 is 0 Å². The molecule has 1 rings (SSSR count). The normalized spacial score (nSPS) is 22.1. The number of carbonyl (C=O) groups excluding carboxylic acids is 2. The first-order valence-electron chi connectivity index (χ1n) is 5.04. The Balaban J connectivity index is 2.42. The lowest BCUT2D eigenvalue weighted by Gasteiger charge is -2.30. The van der Waals surface area contributed by atoms with Crippen LogP contribution in [-0.2, 0) is 19.1 Å². The van der Waals surface area contributed by atoms with Crippen molar-refractivity contribution in [3.63, 3.8) is 0 Å². The number of piperidine rings is 1.